The highest BCUT2D eigenvalue weighted by Crippen LogP contribution is 2.17. The molecule has 2 rings (SSSR count). The largest absolute Gasteiger partial charge is 0.445 e. The highest BCUT2D eigenvalue weighted by molar-refractivity contribution is 5.67. The Hall–Kier alpha value is -1.59. The minimum Gasteiger partial charge on any atom is -0.445 e. The molecule has 2 atom stereocenters. The zero-order chi connectivity index (χ0) is 14.9. The summed E-state index contributed by atoms with van der Waals surface area (Å²) >= 11 is 0. The molecule has 1 aliphatic rings. The van der Waals surface area contributed by atoms with E-state index in [1.807, 2.05) is 30.3 Å². The first-order chi connectivity index (χ1) is 10.2. The first-order valence-electron chi connectivity index (χ1n) is 7.48. The quantitative estimate of drug-likeness (QED) is 0.541. The van der Waals surface area contributed by atoms with Crippen molar-refractivity contribution in [1.82, 2.24) is 5.32 Å². The Kier molecular flexibility index (Phi) is 6.50. The fraction of sp³-hybridized carbons (Fsp3) is 0.562. The summed E-state index contributed by atoms with van der Waals surface area (Å²) in [6.07, 6.45) is 3.19. The first kappa shape index (κ1) is 15.8. The lowest BCUT2D eigenvalue weighted by atomic mass is 10.1. The molecule has 1 amide bonds. The van der Waals surface area contributed by atoms with Crippen molar-refractivity contribution < 1.29 is 19.4 Å². The average molecular weight is 293 g/mol. The number of aliphatic hydroxyl groups is 1. The third kappa shape index (κ3) is 7.11. The molecule has 1 aromatic rings. The summed E-state index contributed by atoms with van der Waals surface area (Å²) in [5, 5.41) is 12.3. The Morgan fingerprint density at radius 1 is 1.38 bits per heavy atom. The molecule has 0 aliphatic carbocycles. The predicted octanol–water partition coefficient (Wildman–Crippen LogP) is 2.23. The normalized spacial score (nSPS) is 18.0. The molecular formula is C16H23NO4. The van der Waals surface area contributed by atoms with Gasteiger partial charge in [0.05, 0.1) is 18.8 Å². The Labute approximate surface area is 125 Å². The number of nitrogens with one attached hydrogen (secondary N) is 1. The number of hydrogen-bond acceptors (Lipinski definition) is 4. The second-order valence-corrected chi connectivity index (χ2v) is 5.34. The molecule has 116 valence electrons. The maximum atomic E-state index is 11.5. The summed E-state index contributed by atoms with van der Waals surface area (Å²) in [5.41, 5.74) is 0.940. The van der Waals surface area contributed by atoms with Gasteiger partial charge < -0.3 is 19.9 Å². The Balaban J connectivity index is 1.49. The summed E-state index contributed by atoms with van der Waals surface area (Å²) in [4.78, 5) is 11.5. The number of hydrogen-bond donors (Lipinski definition) is 2. The maximum Gasteiger partial charge on any atom is 0.407 e. The maximum absolute atomic E-state index is 11.5. The van der Waals surface area contributed by atoms with E-state index in [0.29, 0.717) is 12.5 Å². The average Bonchev–Trinajstić information content (AvgIpc) is 3.33. The lowest BCUT2D eigenvalue weighted by Gasteiger charge is -2.12. The molecule has 0 bridgehead atoms. The molecular weight excluding hydrogens is 270 g/mol. The Bertz CT molecular complexity index is 420. The summed E-state index contributed by atoms with van der Waals surface area (Å²) in [5.74, 6) is 0. The van der Waals surface area contributed by atoms with Crippen LogP contribution in [0.2, 0.25) is 0 Å². The van der Waals surface area contributed by atoms with E-state index in [-0.39, 0.29) is 13.2 Å². The second-order valence-electron chi connectivity index (χ2n) is 5.34. The molecule has 2 N–H and O–H groups in total. The predicted molar refractivity (Wildman–Crippen MR) is 78.8 cm³/mol. The molecule has 5 heteroatoms. The SMILES string of the molecule is O=C(NCC(O)CCCC[C@@H]1CO1)OCc1ccccc1. The fourth-order valence-electron chi connectivity index (χ4n) is 2.06. The molecule has 5 nitrogen and oxygen atoms in total. The van der Waals surface area contributed by atoms with Gasteiger partial charge in [-0.1, -0.05) is 43.2 Å². The van der Waals surface area contributed by atoms with Gasteiger partial charge in [0.15, 0.2) is 0 Å². The summed E-state index contributed by atoms with van der Waals surface area (Å²) in [7, 11) is 0. The van der Waals surface area contributed by atoms with Crippen LogP contribution in [0.3, 0.4) is 0 Å². The van der Waals surface area contributed by atoms with Gasteiger partial charge in [0.25, 0.3) is 0 Å². The van der Waals surface area contributed by atoms with E-state index in [0.717, 1.165) is 31.4 Å². The van der Waals surface area contributed by atoms with Gasteiger partial charge in [-0.2, -0.15) is 0 Å². The molecule has 1 saturated heterocycles. The highest BCUT2D eigenvalue weighted by Gasteiger charge is 2.21. The van der Waals surface area contributed by atoms with Gasteiger partial charge in [0, 0.05) is 6.54 Å². The van der Waals surface area contributed by atoms with Crippen molar-refractivity contribution in [3.63, 3.8) is 0 Å². The van der Waals surface area contributed by atoms with E-state index in [2.05, 4.69) is 5.32 Å². The number of alkyl carbamates (subject to hydrolysis) is 1. The number of carbonyl (C=O) groups is 1. The third-order valence-electron chi connectivity index (χ3n) is 3.41. The third-order valence-corrected chi connectivity index (χ3v) is 3.41. The summed E-state index contributed by atoms with van der Waals surface area (Å²) < 4.78 is 10.2. The monoisotopic (exact) mass is 293 g/mol. The lowest BCUT2D eigenvalue weighted by Crippen LogP contribution is -2.32. The van der Waals surface area contributed by atoms with Gasteiger partial charge in [-0.25, -0.2) is 4.79 Å². The standard InChI is InChI=1S/C16H23NO4/c18-14(8-4-5-9-15-12-20-15)10-17-16(19)21-11-13-6-2-1-3-7-13/h1-3,6-7,14-15,18H,4-5,8-12H2,(H,17,19)/t14?,15-/m1/s1. The van der Waals surface area contributed by atoms with E-state index in [1.54, 1.807) is 0 Å². The van der Waals surface area contributed by atoms with Crippen LogP contribution in [0.15, 0.2) is 30.3 Å². The number of epoxide rings is 1. The van der Waals surface area contributed by atoms with Crippen molar-refractivity contribution in [1.29, 1.82) is 0 Å². The van der Waals surface area contributed by atoms with E-state index in [1.165, 1.54) is 0 Å². The number of carbonyl (C=O) groups excluding carboxylic acids is 1. The second kappa shape index (κ2) is 8.64. The van der Waals surface area contributed by atoms with Crippen molar-refractivity contribution in [2.24, 2.45) is 0 Å². The van der Waals surface area contributed by atoms with Crippen molar-refractivity contribution >= 4 is 6.09 Å². The lowest BCUT2D eigenvalue weighted by molar-refractivity contribution is 0.122. The van der Waals surface area contributed by atoms with Crippen LogP contribution in [0.25, 0.3) is 0 Å². The fourth-order valence-corrected chi connectivity index (χ4v) is 2.06. The summed E-state index contributed by atoms with van der Waals surface area (Å²) in [6.45, 7) is 1.36. The number of amides is 1. The van der Waals surface area contributed by atoms with Crippen molar-refractivity contribution in [2.45, 2.75) is 44.5 Å². The minimum absolute atomic E-state index is 0.230. The van der Waals surface area contributed by atoms with Crippen LogP contribution < -0.4 is 5.32 Å². The molecule has 21 heavy (non-hydrogen) atoms. The molecule has 0 aromatic heterocycles. The number of unbranched alkanes of at least 4 members (excludes halogenated alkanes) is 1. The minimum atomic E-state index is -0.519. The van der Waals surface area contributed by atoms with Crippen molar-refractivity contribution in [3.05, 3.63) is 35.9 Å². The van der Waals surface area contributed by atoms with Crippen LogP contribution in [-0.4, -0.2) is 36.6 Å². The number of aliphatic hydroxyl groups excluding tert-OH is 1. The van der Waals surface area contributed by atoms with E-state index < -0.39 is 12.2 Å². The molecule has 1 aromatic carbocycles. The Morgan fingerprint density at radius 3 is 2.86 bits per heavy atom. The van der Waals surface area contributed by atoms with Crippen LogP contribution in [0.4, 0.5) is 4.79 Å². The van der Waals surface area contributed by atoms with Gasteiger partial charge in [-0.05, 0) is 18.4 Å². The molecule has 0 spiro atoms. The number of rotatable bonds is 9. The molecule has 1 aliphatic heterocycles. The Morgan fingerprint density at radius 2 is 2.14 bits per heavy atom. The van der Waals surface area contributed by atoms with Gasteiger partial charge >= 0.3 is 6.09 Å². The first-order valence-corrected chi connectivity index (χ1v) is 7.48. The van der Waals surface area contributed by atoms with Crippen LogP contribution in [0.5, 0.6) is 0 Å². The van der Waals surface area contributed by atoms with E-state index in [4.69, 9.17) is 9.47 Å². The zero-order valence-electron chi connectivity index (χ0n) is 12.2. The van der Waals surface area contributed by atoms with E-state index in [9.17, 15) is 9.90 Å². The van der Waals surface area contributed by atoms with Crippen LogP contribution >= 0.6 is 0 Å². The van der Waals surface area contributed by atoms with Crippen LogP contribution in [-0.2, 0) is 16.1 Å². The van der Waals surface area contributed by atoms with Gasteiger partial charge in [-0.3, -0.25) is 0 Å². The van der Waals surface area contributed by atoms with E-state index >= 15 is 0 Å². The number of benzene rings is 1. The van der Waals surface area contributed by atoms with Gasteiger partial charge in [-0.15, -0.1) is 0 Å². The molecule has 1 fully saturated rings. The molecule has 0 radical (unpaired) electrons. The molecule has 1 unspecified atom stereocenters. The van der Waals surface area contributed by atoms with Gasteiger partial charge in [0.2, 0.25) is 0 Å². The highest BCUT2D eigenvalue weighted by atomic mass is 16.6. The molecule has 0 saturated carbocycles. The van der Waals surface area contributed by atoms with Crippen LogP contribution in [0.1, 0.15) is 31.2 Å². The van der Waals surface area contributed by atoms with Crippen molar-refractivity contribution in [2.75, 3.05) is 13.2 Å². The number of ether oxygens (including phenoxy) is 2. The summed E-state index contributed by atoms with van der Waals surface area (Å²) in [6, 6.07) is 9.49. The smallest absolute Gasteiger partial charge is 0.407 e. The van der Waals surface area contributed by atoms with Crippen molar-refractivity contribution in [3.8, 4) is 0 Å². The topological polar surface area (TPSA) is 71.1 Å². The molecule has 1 heterocycles. The van der Waals surface area contributed by atoms with Gasteiger partial charge in [0.1, 0.15) is 6.61 Å². The van der Waals surface area contributed by atoms with Crippen LogP contribution in [0, 0.1) is 0 Å². The zero-order valence-corrected chi connectivity index (χ0v) is 12.2.